The minimum absolute atomic E-state index is 0.140. The molecular formula is C11H15FO4S. The van der Waals surface area contributed by atoms with Gasteiger partial charge in [-0.1, -0.05) is 19.1 Å². The van der Waals surface area contributed by atoms with Crippen LogP contribution in [-0.2, 0) is 9.84 Å². The molecule has 0 radical (unpaired) electrons. The molecule has 1 rings (SSSR count). The summed E-state index contributed by atoms with van der Waals surface area (Å²) in [5, 5.41) is 17.6. The van der Waals surface area contributed by atoms with E-state index < -0.39 is 33.6 Å². The van der Waals surface area contributed by atoms with Crippen molar-refractivity contribution in [1.82, 2.24) is 0 Å². The van der Waals surface area contributed by atoms with Gasteiger partial charge < -0.3 is 10.2 Å². The van der Waals surface area contributed by atoms with Crippen LogP contribution in [0.15, 0.2) is 24.3 Å². The summed E-state index contributed by atoms with van der Waals surface area (Å²) in [6.07, 6.45) is -1.43. The zero-order chi connectivity index (χ0) is 13.1. The summed E-state index contributed by atoms with van der Waals surface area (Å²) in [5.74, 6) is -0.753. The van der Waals surface area contributed by atoms with Gasteiger partial charge in [0.1, 0.15) is 11.1 Å². The first-order chi connectivity index (χ1) is 7.92. The molecule has 0 saturated heterocycles. The SMILES string of the molecule is CCS(=O)(=O)C(CO)C(O)c1cccc(F)c1. The zero-order valence-electron chi connectivity index (χ0n) is 9.38. The molecule has 0 bridgehead atoms. The lowest BCUT2D eigenvalue weighted by Crippen LogP contribution is -2.33. The average Bonchev–Trinajstić information content (AvgIpc) is 2.29. The third kappa shape index (κ3) is 3.24. The van der Waals surface area contributed by atoms with Crippen molar-refractivity contribution in [2.24, 2.45) is 0 Å². The molecule has 6 heteroatoms. The molecule has 2 atom stereocenters. The van der Waals surface area contributed by atoms with Gasteiger partial charge in [0, 0.05) is 5.75 Å². The minimum atomic E-state index is -3.59. The molecule has 0 aromatic heterocycles. The van der Waals surface area contributed by atoms with Crippen molar-refractivity contribution in [1.29, 1.82) is 0 Å². The van der Waals surface area contributed by atoms with Gasteiger partial charge in [0.2, 0.25) is 0 Å². The molecule has 17 heavy (non-hydrogen) atoms. The number of halogens is 1. The molecule has 2 N–H and O–H groups in total. The fraction of sp³-hybridized carbons (Fsp3) is 0.455. The van der Waals surface area contributed by atoms with Gasteiger partial charge in [-0.05, 0) is 17.7 Å². The topological polar surface area (TPSA) is 74.6 Å². The van der Waals surface area contributed by atoms with E-state index in [0.717, 1.165) is 6.07 Å². The van der Waals surface area contributed by atoms with Gasteiger partial charge >= 0.3 is 0 Å². The quantitative estimate of drug-likeness (QED) is 0.817. The van der Waals surface area contributed by atoms with Gasteiger partial charge in [0.15, 0.2) is 9.84 Å². The smallest absolute Gasteiger partial charge is 0.158 e. The average molecular weight is 262 g/mol. The van der Waals surface area contributed by atoms with E-state index >= 15 is 0 Å². The van der Waals surface area contributed by atoms with Crippen LogP contribution >= 0.6 is 0 Å². The second kappa shape index (κ2) is 5.57. The number of rotatable bonds is 5. The van der Waals surface area contributed by atoms with Crippen LogP contribution in [0, 0.1) is 5.82 Å². The fourth-order valence-corrected chi connectivity index (χ4v) is 2.73. The Morgan fingerprint density at radius 1 is 1.41 bits per heavy atom. The van der Waals surface area contributed by atoms with Crippen LogP contribution in [0.25, 0.3) is 0 Å². The highest BCUT2D eigenvalue weighted by molar-refractivity contribution is 7.92. The number of aliphatic hydroxyl groups excluding tert-OH is 2. The lowest BCUT2D eigenvalue weighted by molar-refractivity contribution is 0.137. The maximum absolute atomic E-state index is 13.0. The highest BCUT2D eigenvalue weighted by Crippen LogP contribution is 2.23. The van der Waals surface area contributed by atoms with Crippen LogP contribution in [0.4, 0.5) is 4.39 Å². The summed E-state index contributed by atoms with van der Waals surface area (Å²) in [6.45, 7) is 0.726. The molecule has 96 valence electrons. The summed E-state index contributed by atoms with van der Waals surface area (Å²) in [6, 6.07) is 5.04. The molecule has 4 nitrogen and oxygen atoms in total. The minimum Gasteiger partial charge on any atom is -0.395 e. The first kappa shape index (κ1) is 14.1. The van der Waals surface area contributed by atoms with Gasteiger partial charge in [-0.15, -0.1) is 0 Å². The van der Waals surface area contributed by atoms with E-state index in [4.69, 9.17) is 5.11 Å². The van der Waals surface area contributed by atoms with Gasteiger partial charge in [-0.25, -0.2) is 12.8 Å². The van der Waals surface area contributed by atoms with Gasteiger partial charge in [-0.3, -0.25) is 0 Å². The second-order valence-corrected chi connectivity index (χ2v) is 6.18. The summed E-state index contributed by atoms with van der Waals surface area (Å²) >= 11 is 0. The van der Waals surface area contributed by atoms with Crippen molar-refractivity contribution in [3.05, 3.63) is 35.6 Å². The van der Waals surface area contributed by atoms with Gasteiger partial charge in [0.25, 0.3) is 0 Å². The Morgan fingerprint density at radius 3 is 2.53 bits per heavy atom. The highest BCUT2D eigenvalue weighted by Gasteiger charge is 2.31. The highest BCUT2D eigenvalue weighted by atomic mass is 32.2. The standard InChI is InChI=1S/C11H15FO4S/c1-2-17(15,16)10(7-13)11(14)8-4-3-5-9(12)6-8/h3-6,10-11,13-14H,2,7H2,1H3. The Bertz CT molecular complexity index is 472. The molecule has 0 saturated carbocycles. The molecule has 1 aromatic rings. The molecule has 0 heterocycles. The predicted molar refractivity (Wildman–Crippen MR) is 61.7 cm³/mol. The molecule has 2 unspecified atom stereocenters. The van der Waals surface area contributed by atoms with E-state index in [0.29, 0.717) is 0 Å². The van der Waals surface area contributed by atoms with Crippen molar-refractivity contribution >= 4 is 9.84 Å². The number of aliphatic hydroxyl groups is 2. The second-order valence-electron chi connectivity index (χ2n) is 3.67. The summed E-state index contributed by atoms with van der Waals surface area (Å²) in [4.78, 5) is 0. The number of hydrogen-bond acceptors (Lipinski definition) is 4. The number of hydrogen-bond donors (Lipinski definition) is 2. The monoisotopic (exact) mass is 262 g/mol. The lowest BCUT2D eigenvalue weighted by Gasteiger charge is -2.20. The Hall–Kier alpha value is -0.980. The third-order valence-electron chi connectivity index (χ3n) is 2.59. The van der Waals surface area contributed by atoms with Crippen LogP contribution in [0.5, 0.6) is 0 Å². The molecular weight excluding hydrogens is 247 g/mol. The molecule has 1 aromatic carbocycles. The van der Waals surface area contributed by atoms with Gasteiger partial charge in [0.05, 0.1) is 12.7 Å². The third-order valence-corrected chi connectivity index (χ3v) is 4.72. The van der Waals surface area contributed by atoms with Crippen molar-refractivity contribution < 1.29 is 23.0 Å². The van der Waals surface area contributed by atoms with Gasteiger partial charge in [-0.2, -0.15) is 0 Å². The van der Waals surface area contributed by atoms with Crippen LogP contribution in [0.2, 0.25) is 0 Å². The van der Waals surface area contributed by atoms with Crippen molar-refractivity contribution in [3.63, 3.8) is 0 Å². The Kier molecular flexibility index (Phi) is 4.62. The number of benzene rings is 1. The van der Waals surface area contributed by atoms with E-state index in [9.17, 15) is 17.9 Å². The molecule has 0 aliphatic heterocycles. The first-order valence-corrected chi connectivity index (χ1v) is 6.90. The maximum Gasteiger partial charge on any atom is 0.158 e. The van der Waals surface area contributed by atoms with E-state index in [1.807, 2.05) is 0 Å². The number of sulfone groups is 1. The first-order valence-electron chi connectivity index (χ1n) is 5.18. The Morgan fingerprint density at radius 2 is 2.06 bits per heavy atom. The molecule has 0 aliphatic rings. The van der Waals surface area contributed by atoms with Crippen molar-refractivity contribution in [3.8, 4) is 0 Å². The van der Waals surface area contributed by atoms with E-state index in [1.165, 1.54) is 25.1 Å². The van der Waals surface area contributed by atoms with Crippen molar-refractivity contribution in [2.45, 2.75) is 18.3 Å². The Labute approximate surface area is 99.6 Å². The van der Waals surface area contributed by atoms with Crippen LogP contribution in [-0.4, -0.2) is 36.2 Å². The van der Waals surface area contributed by atoms with E-state index in [1.54, 1.807) is 0 Å². The largest absolute Gasteiger partial charge is 0.395 e. The van der Waals surface area contributed by atoms with Crippen LogP contribution < -0.4 is 0 Å². The zero-order valence-corrected chi connectivity index (χ0v) is 10.2. The predicted octanol–water partition coefficient (Wildman–Crippen LogP) is 0.655. The Balaban J connectivity index is 3.06. The normalized spacial score (nSPS) is 15.5. The molecule has 0 fully saturated rings. The molecule has 0 aliphatic carbocycles. The van der Waals surface area contributed by atoms with E-state index in [-0.39, 0.29) is 11.3 Å². The lowest BCUT2D eigenvalue weighted by atomic mass is 10.1. The summed E-state index contributed by atoms with van der Waals surface area (Å²) < 4.78 is 36.2. The fourth-order valence-electron chi connectivity index (χ4n) is 1.53. The maximum atomic E-state index is 13.0. The summed E-state index contributed by atoms with van der Waals surface area (Å²) in [7, 11) is -3.59. The van der Waals surface area contributed by atoms with Crippen molar-refractivity contribution in [2.75, 3.05) is 12.4 Å². The molecule has 0 spiro atoms. The van der Waals surface area contributed by atoms with Crippen LogP contribution in [0.3, 0.4) is 0 Å². The van der Waals surface area contributed by atoms with Crippen LogP contribution in [0.1, 0.15) is 18.6 Å². The van der Waals surface area contributed by atoms with E-state index in [2.05, 4.69) is 0 Å². The summed E-state index contributed by atoms with van der Waals surface area (Å²) in [5.41, 5.74) is 0.140. The molecule has 0 amide bonds.